The number of H-pyrrole nitrogens is 1. The van der Waals surface area contributed by atoms with Crippen LogP contribution in [0.15, 0.2) is 29.1 Å². The molecule has 0 aliphatic heterocycles. The Labute approximate surface area is 104 Å². The smallest absolute Gasteiger partial charge is 0.352 e. The Bertz CT molecular complexity index is 658. The summed E-state index contributed by atoms with van der Waals surface area (Å²) >= 11 is 0. The van der Waals surface area contributed by atoms with Crippen LogP contribution in [-0.2, 0) is 0 Å². The first kappa shape index (κ1) is 12.4. The monoisotopic (exact) mass is 245 g/mol. The maximum Gasteiger partial charge on any atom is 0.352 e. The van der Waals surface area contributed by atoms with Gasteiger partial charge in [0.25, 0.3) is 0 Å². The lowest BCUT2D eigenvalue weighted by Crippen LogP contribution is -2.10. The van der Waals surface area contributed by atoms with Crippen LogP contribution in [0.3, 0.4) is 0 Å². The molecular formula is C14H15NO3. The number of benzene rings is 1. The SMILES string of the molecule is CCC(C)c1ccc2[nH]c(C(=O)O)cc(=O)c2c1. The molecule has 1 aromatic carbocycles. The standard InChI is InChI=1S/C14H15NO3/c1-3-8(2)9-4-5-11-10(6-9)13(16)7-12(15-11)14(17)18/h4-8H,3H2,1-2H3,(H,15,16)(H,17,18). The van der Waals surface area contributed by atoms with Crippen molar-refractivity contribution in [2.45, 2.75) is 26.2 Å². The minimum absolute atomic E-state index is 0.0798. The lowest BCUT2D eigenvalue weighted by molar-refractivity contribution is 0.0691. The van der Waals surface area contributed by atoms with Gasteiger partial charge in [-0.15, -0.1) is 0 Å². The molecule has 2 rings (SSSR count). The molecule has 0 bridgehead atoms. The Kier molecular flexibility index (Phi) is 3.19. The van der Waals surface area contributed by atoms with Gasteiger partial charge >= 0.3 is 5.97 Å². The summed E-state index contributed by atoms with van der Waals surface area (Å²) in [5.41, 5.74) is 1.32. The second-order valence-corrected chi connectivity index (χ2v) is 4.47. The third-order valence-corrected chi connectivity index (χ3v) is 3.27. The number of aromatic nitrogens is 1. The van der Waals surface area contributed by atoms with E-state index >= 15 is 0 Å². The first-order chi connectivity index (χ1) is 8.52. The zero-order chi connectivity index (χ0) is 13.3. The minimum atomic E-state index is -1.12. The molecule has 2 N–H and O–H groups in total. The summed E-state index contributed by atoms with van der Waals surface area (Å²) in [5.74, 6) is -0.743. The minimum Gasteiger partial charge on any atom is -0.477 e. The van der Waals surface area contributed by atoms with E-state index in [9.17, 15) is 9.59 Å². The highest BCUT2D eigenvalue weighted by atomic mass is 16.4. The van der Waals surface area contributed by atoms with Gasteiger partial charge in [0.15, 0.2) is 5.43 Å². The van der Waals surface area contributed by atoms with Gasteiger partial charge in [0.05, 0.1) is 0 Å². The normalized spacial score (nSPS) is 12.6. The summed E-state index contributed by atoms with van der Waals surface area (Å²) in [7, 11) is 0. The maximum atomic E-state index is 11.9. The largest absolute Gasteiger partial charge is 0.477 e. The molecule has 1 aromatic heterocycles. The number of aromatic carboxylic acids is 1. The molecule has 0 saturated heterocycles. The molecule has 1 unspecified atom stereocenters. The fourth-order valence-electron chi connectivity index (χ4n) is 1.92. The van der Waals surface area contributed by atoms with Gasteiger partial charge in [-0.05, 0) is 30.0 Å². The van der Waals surface area contributed by atoms with E-state index in [0.717, 1.165) is 18.1 Å². The van der Waals surface area contributed by atoms with Crippen LogP contribution in [0, 0.1) is 0 Å². The number of carboxylic acid groups (broad SMARTS) is 1. The van der Waals surface area contributed by atoms with Crippen molar-refractivity contribution in [3.8, 4) is 0 Å². The van der Waals surface area contributed by atoms with Crippen molar-refractivity contribution in [3.05, 3.63) is 45.7 Å². The molecule has 0 aliphatic carbocycles. The van der Waals surface area contributed by atoms with Crippen molar-refractivity contribution in [2.75, 3.05) is 0 Å². The number of rotatable bonds is 3. The Morgan fingerprint density at radius 2 is 2.11 bits per heavy atom. The summed E-state index contributed by atoms with van der Waals surface area (Å²) in [6.45, 7) is 4.19. The van der Waals surface area contributed by atoms with Crippen LogP contribution in [0.4, 0.5) is 0 Å². The van der Waals surface area contributed by atoms with Crippen LogP contribution in [0.1, 0.15) is 42.2 Å². The van der Waals surface area contributed by atoms with Gasteiger partial charge in [-0.25, -0.2) is 4.79 Å². The van der Waals surface area contributed by atoms with Crippen LogP contribution < -0.4 is 5.43 Å². The molecule has 1 atom stereocenters. The molecule has 0 spiro atoms. The highest BCUT2D eigenvalue weighted by Crippen LogP contribution is 2.21. The van der Waals surface area contributed by atoms with Crippen molar-refractivity contribution in [1.82, 2.24) is 4.98 Å². The summed E-state index contributed by atoms with van der Waals surface area (Å²) in [6, 6.07) is 6.67. The lowest BCUT2D eigenvalue weighted by Gasteiger charge is -2.10. The van der Waals surface area contributed by atoms with Gasteiger partial charge in [-0.2, -0.15) is 0 Å². The number of carboxylic acids is 1. The molecule has 94 valence electrons. The average Bonchev–Trinajstić information content (AvgIpc) is 2.37. The van der Waals surface area contributed by atoms with Crippen LogP contribution >= 0.6 is 0 Å². The quantitative estimate of drug-likeness (QED) is 0.873. The Morgan fingerprint density at radius 3 is 2.72 bits per heavy atom. The molecule has 2 aromatic rings. The van der Waals surface area contributed by atoms with E-state index < -0.39 is 5.97 Å². The highest BCUT2D eigenvalue weighted by molar-refractivity contribution is 5.89. The van der Waals surface area contributed by atoms with Gasteiger partial charge in [0, 0.05) is 17.0 Å². The van der Waals surface area contributed by atoms with Crippen LogP contribution in [-0.4, -0.2) is 16.1 Å². The molecule has 0 radical (unpaired) electrons. The molecule has 1 heterocycles. The van der Waals surface area contributed by atoms with E-state index in [1.54, 1.807) is 6.07 Å². The molecule has 4 nitrogen and oxygen atoms in total. The molecule has 4 heteroatoms. The van der Waals surface area contributed by atoms with Gasteiger partial charge in [0.1, 0.15) is 5.69 Å². The van der Waals surface area contributed by atoms with Gasteiger partial charge in [-0.3, -0.25) is 4.79 Å². The van der Waals surface area contributed by atoms with Crippen molar-refractivity contribution >= 4 is 16.9 Å². The second kappa shape index (κ2) is 4.64. The summed E-state index contributed by atoms with van der Waals surface area (Å²) in [4.78, 5) is 25.5. The van der Waals surface area contributed by atoms with Crippen LogP contribution in [0.2, 0.25) is 0 Å². The molecular weight excluding hydrogens is 230 g/mol. The predicted molar refractivity (Wildman–Crippen MR) is 70.2 cm³/mol. The van der Waals surface area contributed by atoms with E-state index in [1.165, 1.54) is 0 Å². The first-order valence-electron chi connectivity index (χ1n) is 5.93. The third kappa shape index (κ3) is 2.14. The molecule has 18 heavy (non-hydrogen) atoms. The van der Waals surface area contributed by atoms with Crippen molar-refractivity contribution < 1.29 is 9.90 Å². The fourth-order valence-corrected chi connectivity index (χ4v) is 1.92. The molecule has 0 amide bonds. The fraction of sp³-hybridized carbons (Fsp3) is 0.286. The number of pyridine rings is 1. The summed E-state index contributed by atoms with van der Waals surface area (Å²) < 4.78 is 0. The second-order valence-electron chi connectivity index (χ2n) is 4.47. The van der Waals surface area contributed by atoms with Gasteiger partial charge < -0.3 is 10.1 Å². The highest BCUT2D eigenvalue weighted by Gasteiger charge is 2.10. The predicted octanol–water partition coefficient (Wildman–Crippen LogP) is 2.74. The summed E-state index contributed by atoms with van der Waals surface area (Å²) in [6.07, 6.45) is 0.997. The zero-order valence-electron chi connectivity index (χ0n) is 10.4. The van der Waals surface area contributed by atoms with E-state index in [4.69, 9.17) is 5.11 Å². The number of nitrogens with one attached hydrogen (secondary N) is 1. The topological polar surface area (TPSA) is 70.2 Å². The number of fused-ring (bicyclic) bond motifs is 1. The molecule has 0 fully saturated rings. The Balaban J connectivity index is 2.65. The van der Waals surface area contributed by atoms with Crippen LogP contribution in [0.5, 0.6) is 0 Å². The number of aromatic amines is 1. The maximum absolute atomic E-state index is 11.9. The number of carbonyl (C=O) groups is 1. The average molecular weight is 245 g/mol. The van der Waals surface area contributed by atoms with Crippen LogP contribution in [0.25, 0.3) is 10.9 Å². The van der Waals surface area contributed by atoms with Gasteiger partial charge in [-0.1, -0.05) is 19.9 Å². The number of hydrogen-bond acceptors (Lipinski definition) is 2. The zero-order valence-corrected chi connectivity index (χ0v) is 10.4. The van der Waals surface area contributed by atoms with Crippen molar-refractivity contribution in [3.63, 3.8) is 0 Å². The van der Waals surface area contributed by atoms with E-state index in [0.29, 0.717) is 16.8 Å². The van der Waals surface area contributed by atoms with E-state index in [1.807, 2.05) is 12.1 Å². The summed E-state index contributed by atoms with van der Waals surface area (Å²) in [5, 5.41) is 9.42. The Hall–Kier alpha value is -2.10. The van der Waals surface area contributed by atoms with E-state index in [-0.39, 0.29) is 11.1 Å². The lowest BCUT2D eigenvalue weighted by atomic mass is 9.97. The molecule has 0 aliphatic rings. The van der Waals surface area contributed by atoms with Crippen molar-refractivity contribution in [1.29, 1.82) is 0 Å². The molecule has 0 saturated carbocycles. The Morgan fingerprint density at radius 1 is 1.39 bits per heavy atom. The third-order valence-electron chi connectivity index (χ3n) is 3.27. The van der Waals surface area contributed by atoms with Crippen molar-refractivity contribution in [2.24, 2.45) is 0 Å². The first-order valence-corrected chi connectivity index (χ1v) is 5.93. The number of hydrogen-bond donors (Lipinski definition) is 2. The van der Waals surface area contributed by atoms with Gasteiger partial charge in [0.2, 0.25) is 0 Å². The van der Waals surface area contributed by atoms with E-state index in [2.05, 4.69) is 18.8 Å².